The largest absolute Gasteiger partial charge is 0.454 e. The summed E-state index contributed by atoms with van der Waals surface area (Å²) >= 11 is 3.51. The van der Waals surface area contributed by atoms with E-state index in [2.05, 4.69) is 21.2 Å². The molecule has 6 nitrogen and oxygen atoms in total. The molecule has 1 saturated heterocycles. The minimum Gasteiger partial charge on any atom is -0.454 e. The van der Waals surface area contributed by atoms with Crippen LogP contribution in [0.25, 0.3) is 0 Å². The van der Waals surface area contributed by atoms with Crippen molar-refractivity contribution in [1.29, 1.82) is 0 Å². The van der Waals surface area contributed by atoms with Gasteiger partial charge in [-0.2, -0.15) is 0 Å². The Labute approximate surface area is 164 Å². The summed E-state index contributed by atoms with van der Waals surface area (Å²) in [6.07, 6.45) is 2.41. The highest BCUT2D eigenvalue weighted by atomic mass is 79.9. The van der Waals surface area contributed by atoms with E-state index < -0.39 is 5.54 Å². The fourth-order valence-electron chi connectivity index (χ4n) is 4.21. The third kappa shape index (κ3) is 2.45. The van der Waals surface area contributed by atoms with Gasteiger partial charge in [-0.05, 0) is 48.1 Å². The second-order valence-electron chi connectivity index (χ2n) is 7.03. The van der Waals surface area contributed by atoms with E-state index >= 15 is 0 Å². The predicted molar refractivity (Wildman–Crippen MR) is 100 cm³/mol. The van der Waals surface area contributed by atoms with E-state index in [1.807, 2.05) is 36.4 Å². The van der Waals surface area contributed by atoms with Crippen molar-refractivity contribution >= 4 is 27.9 Å². The summed E-state index contributed by atoms with van der Waals surface area (Å²) in [5.74, 6) is 1.09. The number of hydrogen-bond donors (Lipinski definition) is 1. The Morgan fingerprint density at radius 3 is 2.78 bits per heavy atom. The molecule has 0 saturated carbocycles. The molecule has 1 atom stereocenters. The fraction of sp³-hybridized carbons (Fsp3) is 0.300. The Bertz CT molecular complexity index is 976. The van der Waals surface area contributed by atoms with Crippen LogP contribution in [-0.4, -0.2) is 23.6 Å². The van der Waals surface area contributed by atoms with E-state index in [1.54, 1.807) is 0 Å². The summed E-state index contributed by atoms with van der Waals surface area (Å²) in [5, 5.41) is 2.98. The predicted octanol–water partition coefficient (Wildman–Crippen LogP) is 3.46. The molecule has 2 aliphatic heterocycles. The molecule has 0 bridgehead atoms. The summed E-state index contributed by atoms with van der Waals surface area (Å²) in [5.41, 5.74) is 1.89. The Morgan fingerprint density at radius 2 is 1.93 bits per heavy atom. The number of hydrogen-bond acceptors (Lipinski definition) is 4. The lowest BCUT2D eigenvalue weighted by Gasteiger charge is -2.33. The van der Waals surface area contributed by atoms with Crippen LogP contribution in [-0.2, 0) is 23.3 Å². The van der Waals surface area contributed by atoms with Crippen molar-refractivity contribution in [2.24, 2.45) is 0 Å². The Hall–Kier alpha value is -2.54. The van der Waals surface area contributed by atoms with Crippen LogP contribution in [0.3, 0.4) is 0 Å². The van der Waals surface area contributed by atoms with Gasteiger partial charge in [0.25, 0.3) is 5.91 Å². The molecule has 0 aromatic heterocycles. The summed E-state index contributed by atoms with van der Waals surface area (Å²) < 4.78 is 11.6. The Balaban J connectivity index is 1.50. The van der Waals surface area contributed by atoms with E-state index in [4.69, 9.17) is 9.47 Å². The average molecular weight is 429 g/mol. The summed E-state index contributed by atoms with van der Waals surface area (Å²) in [4.78, 5) is 27.4. The lowest BCUT2D eigenvalue weighted by molar-refractivity contribution is -0.132. The monoisotopic (exact) mass is 428 g/mol. The maximum absolute atomic E-state index is 13.4. The number of halogens is 1. The number of nitrogens with zero attached hydrogens (tertiary/aromatic N) is 1. The summed E-state index contributed by atoms with van der Waals surface area (Å²) in [7, 11) is 0. The number of amides is 3. The number of aryl methyl sites for hydroxylation is 1. The van der Waals surface area contributed by atoms with Crippen LogP contribution in [0.2, 0.25) is 0 Å². The quantitative estimate of drug-likeness (QED) is 0.743. The van der Waals surface area contributed by atoms with Gasteiger partial charge in [0.1, 0.15) is 5.54 Å². The van der Waals surface area contributed by atoms with E-state index in [1.165, 1.54) is 4.90 Å². The lowest BCUT2D eigenvalue weighted by atomic mass is 9.76. The second-order valence-corrected chi connectivity index (χ2v) is 7.89. The van der Waals surface area contributed by atoms with E-state index in [-0.39, 0.29) is 25.3 Å². The van der Waals surface area contributed by atoms with Crippen molar-refractivity contribution in [1.82, 2.24) is 10.2 Å². The second kappa shape index (κ2) is 5.99. The molecule has 1 aliphatic carbocycles. The van der Waals surface area contributed by atoms with Gasteiger partial charge < -0.3 is 14.8 Å². The molecule has 138 valence electrons. The van der Waals surface area contributed by atoms with Crippen molar-refractivity contribution in [3.8, 4) is 11.5 Å². The first-order chi connectivity index (χ1) is 13.1. The van der Waals surface area contributed by atoms with E-state index in [0.29, 0.717) is 17.9 Å². The molecule has 3 aliphatic rings. The molecule has 1 fully saturated rings. The van der Waals surface area contributed by atoms with Gasteiger partial charge in [-0.15, -0.1) is 0 Å². The molecule has 2 heterocycles. The number of carbonyl (C=O) groups excluding carboxylic acids is 2. The number of imide groups is 1. The summed E-state index contributed by atoms with van der Waals surface area (Å²) in [6, 6.07) is 11.1. The molecule has 2 aromatic carbocycles. The number of nitrogens with one attached hydrogen (secondary N) is 1. The highest BCUT2D eigenvalue weighted by Crippen LogP contribution is 2.42. The van der Waals surface area contributed by atoms with Gasteiger partial charge in [0.15, 0.2) is 11.5 Å². The molecule has 1 spiro atoms. The van der Waals surface area contributed by atoms with Gasteiger partial charge in [-0.1, -0.05) is 40.2 Å². The van der Waals surface area contributed by atoms with Crippen molar-refractivity contribution in [2.75, 3.05) is 6.79 Å². The van der Waals surface area contributed by atoms with Crippen molar-refractivity contribution < 1.29 is 19.1 Å². The van der Waals surface area contributed by atoms with Gasteiger partial charge in [-0.3, -0.25) is 9.69 Å². The van der Waals surface area contributed by atoms with E-state index in [9.17, 15) is 9.59 Å². The van der Waals surface area contributed by atoms with Gasteiger partial charge in [-0.25, -0.2) is 4.79 Å². The molecule has 27 heavy (non-hydrogen) atoms. The van der Waals surface area contributed by atoms with Crippen molar-refractivity contribution in [3.05, 3.63) is 57.6 Å². The van der Waals surface area contributed by atoms with Crippen LogP contribution in [0.1, 0.15) is 29.5 Å². The number of urea groups is 1. The van der Waals surface area contributed by atoms with Gasteiger partial charge in [0.2, 0.25) is 6.79 Å². The van der Waals surface area contributed by atoms with Crippen LogP contribution in [0.4, 0.5) is 4.79 Å². The van der Waals surface area contributed by atoms with Crippen LogP contribution >= 0.6 is 15.9 Å². The maximum Gasteiger partial charge on any atom is 0.325 e. The number of carbonyl (C=O) groups is 2. The molecule has 5 rings (SSSR count). The molecular weight excluding hydrogens is 412 g/mol. The molecular formula is C20H17BrN2O4. The number of fused-ring (bicyclic) bond motifs is 3. The van der Waals surface area contributed by atoms with Gasteiger partial charge >= 0.3 is 6.03 Å². The molecule has 7 heteroatoms. The third-order valence-electron chi connectivity index (χ3n) is 5.52. The Kier molecular flexibility index (Phi) is 3.69. The van der Waals surface area contributed by atoms with Crippen LogP contribution in [0.5, 0.6) is 11.5 Å². The summed E-state index contributed by atoms with van der Waals surface area (Å²) in [6.45, 7) is 0.347. The molecule has 0 unspecified atom stereocenters. The zero-order valence-corrected chi connectivity index (χ0v) is 16.0. The van der Waals surface area contributed by atoms with Crippen LogP contribution in [0.15, 0.2) is 40.9 Å². The SMILES string of the molecule is O=C1N[C@]2(CCCc3ccccc32)C(=O)N1Cc1cc2c(cc1Br)OCO2. The molecule has 0 radical (unpaired) electrons. The van der Waals surface area contributed by atoms with Crippen molar-refractivity contribution in [2.45, 2.75) is 31.3 Å². The van der Waals surface area contributed by atoms with E-state index in [0.717, 1.165) is 34.0 Å². The van der Waals surface area contributed by atoms with Crippen LogP contribution in [0, 0.1) is 0 Å². The third-order valence-corrected chi connectivity index (χ3v) is 6.26. The average Bonchev–Trinajstić information content (AvgIpc) is 3.20. The van der Waals surface area contributed by atoms with Gasteiger partial charge in [0, 0.05) is 4.47 Å². The number of benzene rings is 2. The zero-order chi connectivity index (χ0) is 18.6. The minimum absolute atomic E-state index is 0.172. The zero-order valence-electron chi connectivity index (χ0n) is 14.5. The smallest absolute Gasteiger partial charge is 0.325 e. The standard InChI is InChI=1S/C20H17BrN2O4/c21-15-9-17-16(26-11-27-17)8-13(15)10-23-18(24)20(22-19(23)25)7-3-5-12-4-1-2-6-14(12)20/h1-2,4,6,8-9H,3,5,7,10-11H2,(H,22,25)/t20-/m0/s1. The Morgan fingerprint density at radius 1 is 1.15 bits per heavy atom. The number of rotatable bonds is 2. The maximum atomic E-state index is 13.4. The highest BCUT2D eigenvalue weighted by molar-refractivity contribution is 9.10. The van der Waals surface area contributed by atoms with Crippen LogP contribution < -0.4 is 14.8 Å². The minimum atomic E-state index is -0.950. The highest BCUT2D eigenvalue weighted by Gasteiger charge is 2.53. The van der Waals surface area contributed by atoms with Crippen molar-refractivity contribution in [3.63, 3.8) is 0 Å². The molecule has 2 aromatic rings. The van der Waals surface area contributed by atoms with Gasteiger partial charge in [0.05, 0.1) is 6.54 Å². The molecule has 3 amide bonds. The fourth-order valence-corrected chi connectivity index (χ4v) is 4.65. The lowest BCUT2D eigenvalue weighted by Crippen LogP contribution is -2.46. The first kappa shape index (κ1) is 16.6. The first-order valence-electron chi connectivity index (χ1n) is 8.89. The topological polar surface area (TPSA) is 67.9 Å². The first-order valence-corrected chi connectivity index (χ1v) is 9.68. The number of ether oxygens (including phenoxy) is 2. The normalized spacial score (nSPS) is 22.9. The molecule has 1 N–H and O–H groups in total.